The summed E-state index contributed by atoms with van der Waals surface area (Å²) < 4.78 is 16.4. The van der Waals surface area contributed by atoms with E-state index < -0.39 is 0 Å². The van der Waals surface area contributed by atoms with E-state index in [9.17, 15) is 4.79 Å². The van der Waals surface area contributed by atoms with Crippen molar-refractivity contribution in [2.75, 3.05) is 18.7 Å². The van der Waals surface area contributed by atoms with Gasteiger partial charge >= 0.3 is 0 Å². The van der Waals surface area contributed by atoms with E-state index in [1.807, 2.05) is 59.7 Å². The van der Waals surface area contributed by atoms with E-state index >= 15 is 0 Å². The summed E-state index contributed by atoms with van der Waals surface area (Å²) in [6.07, 6.45) is 0. The van der Waals surface area contributed by atoms with E-state index in [1.165, 1.54) is 0 Å². The van der Waals surface area contributed by atoms with Gasteiger partial charge in [-0.3, -0.25) is 4.79 Å². The monoisotopic (exact) mass is 493 g/mol. The molecule has 7 nitrogen and oxygen atoms in total. The first kappa shape index (κ1) is 22.2. The van der Waals surface area contributed by atoms with Crippen LogP contribution in [0.15, 0.2) is 64.8 Å². The van der Waals surface area contributed by atoms with Gasteiger partial charge in [0.2, 0.25) is 6.79 Å². The third kappa shape index (κ3) is 4.85. The molecular weight excluding hydrogens is 470 g/mol. The van der Waals surface area contributed by atoms with Crippen molar-refractivity contribution in [1.29, 1.82) is 0 Å². The third-order valence-corrected chi connectivity index (χ3v) is 6.63. The van der Waals surface area contributed by atoms with E-state index in [4.69, 9.17) is 26.4 Å². The summed E-state index contributed by atoms with van der Waals surface area (Å²) >= 11 is 7.41. The van der Waals surface area contributed by atoms with Gasteiger partial charge in [0.05, 0.1) is 25.2 Å². The molecule has 0 unspecified atom stereocenters. The molecule has 0 spiro atoms. The van der Waals surface area contributed by atoms with Gasteiger partial charge in [0.25, 0.3) is 5.56 Å². The van der Waals surface area contributed by atoms with E-state index in [0.717, 1.165) is 21.7 Å². The van der Waals surface area contributed by atoms with Crippen LogP contribution in [0.25, 0.3) is 10.9 Å². The number of nitrogens with zero attached hydrogens (tertiary/aromatic N) is 1. The van der Waals surface area contributed by atoms with Crippen LogP contribution in [0.5, 0.6) is 17.2 Å². The maximum Gasteiger partial charge on any atom is 0.253 e. The molecule has 2 aromatic heterocycles. The van der Waals surface area contributed by atoms with Crippen molar-refractivity contribution in [1.82, 2.24) is 9.88 Å². The molecule has 0 fully saturated rings. The number of aromatic nitrogens is 1. The molecule has 0 radical (unpaired) electrons. The lowest BCUT2D eigenvalue weighted by Crippen LogP contribution is -2.35. The lowest BCUT2D eigenvalue weighted by molar-refractivity contribution is 0.174. The molecule has 2 aromatic carbocycles. The minimum Gasteiger partial charge on any atom is -0.494 e. The van der Waals surface area contributed by atoms with Crippen molar-refractivity contribution < 1.29 is 14.2 Å². The number of fused-ring (bicyclic) bond motifs is 2. The minimum atomic E-state index is -0.161. The number of aromatic amines is 1. The Labute approximate surface area is 205 Å². The predicted molar refractivity (Wildman–Crippen MR) is 138 cm³/mol. The highest BCUT2D eigenvalue weighted by Gasteiger charge is 2.18. The number of hydrogen-bond acceptors (Lipinski definition) is 6. The Kier molecular flexibility index (Phi) is 6.37. The van der Waals surface area contributed by atoms with Crippen LogP contribution in [0.2, 0.25) is 0 Å². The van der Waals surface area contributed by atoms with Gasteiger partial charge < -0.3 is 29.4 Å². The van der Waals surface area contributed by atoms with Gasteiger partial charge in [-0.2, -0.15) is 0 Å². The Bertz CT molecular complexity index is 1370. The van der Waals surface area contributed by atoms with Gasteiger partial charge in [0.15, 0.2) is 16.6 Å². The number of nitrogens with one attached hydrogen (secondary N) is 2. The van der Waals surface area contributed by atoms with Crippen molar-refractivity contribution in [2.45, 2.75) is 20.0 Å². The smallest absolute Gasteiger partial charge is 0.253 e. The van der Waals surface area contributed by atoms with Crippen molar-refractivity contribution in [2.24, 2.45) is 0 Å². The summed E-state index contributed by atoms with van der Waals surface area (Å²) in [4.78, 5) is 19.0. The van der Waals surface area contributed by atoms with E-state index in [0.29, 0.717) is 47.4 Å². The summed E-state index contributed by atoms with van der Waals surface area (Å²) in [5.74, 6) is 2.11. The van der Waals surface area contributed by atoms with Gasteiger partial charge in [-0.05, 0) is 67.0 Å². The Balaban J connectivity index is 1.41. The number of thiocarbonyl (C=S) groups is 1. The summed E-state index contributed by atoms with van der Waals surface area (Å²) in [6, 6.07) is 17.3. The molecule has 2 N–H and O–H groups in total. The molecule has 34 heavy (non-hydrogen) atoms. The summed E-state index contributed by atoms with van der Waals surface area (Å²) in [6.45, 7) is 3.68. The molecule has 3 heterocycles. The molecule has 5 rings (SSSR count). The van der Waals surface area contributed by atoms with Crippen LogP contribution in [0.3, 0.4) is 0 Å². The average molecular weight is 494 g/mol. The lowest BCUT2D eigenvalue weighted by Gasteiger charge is -2.25. The highest BCUT2D eigenvalue weighted by molar-refractivity contribution is 7.80. The second-order valence-electron chi connectivity index (χ2n) is 7.74. The number of pyridine rings is 1. The number of thiophene rings is 1. The summed E-state index contributed by atoms with van der Waals surface area (Å²) in [5, 5.41) is 6.73. The maximum atomic E-state index is 12.9. The second-order valence-corrected chi connectivity index (χ2v) is 9.16. The Morgan fingerprint density at radius 3 is 2.68 bits per heavy atom. The molecule has 4 aromatic rings. The third-order valence-electron chi connectivity index (χ3n) is 5.41. The molecule has 0 amide bonds. The van der Waals surface area contributed by atoms with Crippen molar-refractivity contribution in [3.63, 3.8) is 0 Å². The van der Waals surface area contributed by atoms with E-state index in [2.05, 4.69) is 16.4 Å². The number of H-pyrrole nitrogens is 1. The zero-order valence-electron chi connectivity index (χ0n) is 18.5. The number of rotatable bonds is 7. The topological polar surface area (TPSA) is 75.8 Å². The predicted octanol–water partition coefficient (Wildman–Crippen LogP) is 5.12. The van der Waals surface area contributed by atoms with Gasteiger partial charge in [0, 0.05) is 27.6 Å². The molecule has 9 heteroatoms. The fourth-order valence-corrected chi connectivity index (χ4v) is 4.72. The highest BCUT2D eigenvalue weighted by Crippen LogP contribution is 2.35. The Hall–Kier alpha value is -3.56. The second kappa shape index (κ2) is 9.74. The van der Waals surface area contributed by atoms with Crippen molar-refractivity contribution in [3.8, 4) is 17.2 Å². The molecule has 1 aliphatic rings. The maximum absolute atomic E-state index is 12.9. The fraction of sp³-hybridized carbons (Fsp3) is 0.200. The molecule has 0 saturated carbocycles. The lowest BCUT2D eigenvalue weighted by atomic mass is 10.1. The van der Waals surface area contributed by atoms with Gasteiger partial charge in [-0.1, -0.05) is 6.07 Å². The molecule has 0 aliphatic carbocycles. The molecule has 0 bridgehead atoms. The number of anilines is 1. The molecular formula is C25H23N3O4S2. The zero-order valence-corrected chi connectivity index (χ0v) is 20.1. The number of hydrogen-bond donors (Lipinski definition) is 2. The van der Waals surface area contributed by atoms with Crippen LogP contribution in [-0.4, -0.2) is 28.4 Å². The summed E-state index contributed by atoms with van der Waals surface area (Å²) in [7, 11) is 0. The number of benzene rings is 2. The standard InChI is InChI=1S/C25H23N3O4S2/c1-2-30-19-7-5-18(6-8-19)26-25(33)28(14-20-4-3-9-34-20)13-17-10-16-11-22-23(32-15-31-22)12-21(16)27-24(17)29/h3-12H,2,13-15H2,1H3,(H,26,33)(H,27,29). The number of ether oxygens (including phenoxy) is 3. The normalized spacial score (nSPS) is 12.0. The molecule has 0 atom stereocenters. The van der Waals surface area contributed by atoms with Crippen LogP contribution >= 0.6 is 23.6 Å². The van der Waals surface area contributed by atoms with Crippen LogP contribution < -0.4 is 25.1 Å². The fourth-order valence-electron chi connectivity index (χ4n) is 3.76. The first-order valence-electron chi connectivity index (χ1n) is 10.9. The van der Waals surface area contributed by atoms with Crippen molar-refractivity contribution >= 4 is 45.3 Å². The van der Waals surface area contributed by atoms with Gasteiger partial charge in [-0.25, -0.2) is 0 Å². The largest absolute Gasteiger partial charge is 0.494 e. The van der Waals surface area contributed by atoms with Crippen LogP contribution in [0, 0.1) is 0 Å². The Morgan fingerprint density at radius 1 is 1.15 bits per heavy atom. The molecule has 174 valence electrons. The van der Waals surface area contributed by atoms with E-state index in [1.54, 1.807) is 17.4 Å². The molecule has 0 saturated heterocycles. The van der Waals surface area contributed by atoms with E-state index in [-0.39, 0.29) is 12.4 Å². The minimum absolute atomic E-state index is 0.161. The van der Waals surface area contributed by atoms with Gasteiger partial charge in [-0.15, -0.1) is 11.3 Å². The van der Waals surface area contributed by atoms with Gasteiger partial charge in [0.1, 0.15) is 5.75 Å². The van der Waals surface area contributed by atoms with Crippen LogP contribution in [-0.2, 0) is 13.1 Å². The average Bonchev–Trinajstić information content (AvgIpc) is 3.51. The Morgan fingerprint density at radius 2 is 1.94 bits per heavy atom. The first-order valence-corrected chi connectivity index (χ1v) is 12.1. The SMILES string of the molecule is CCOc1ccc(NC(=S)N(Cc2cccs2)Cc2cc3cc4c(cc3[nH]c2=O)OCO4)cc1. The van der Waals surface area contributed by atoms with Crippen LogP contribution in [0.4, 0.5) is 5.69 Å². The van der Waals surface area contributed by atoms with Crippen LogP contribution in [0.1, 0.15) is 17.4 Å². The summed E-state index contributed by atoms with van der Waals surface area (Å²) in [5.41, 5.74) is 2.01. The highest BCUT2D eigenvalue weighted by atomic mass is 32.1. The molecule has 1 aliphatic heterocycles. The quantitative estimate of drug-likeness (QED) is 0.346. The van der Waals surface area contributed by atoms with Crippen molar-refractivity contribution in [3.05, 3.63) is 80.8 Å². The zero-order chi connectivity index (χ0) is 23.5. The first-order chi connectivity index (χ1) is 16.6.